The van der Waals surface area contributed by atoms with Gasteiger partial charge in [0, 0.05) is 20.0 Å². The number of hydrogen-bond donors (Lipinski definition) is 2. The molecule has 0 aliphatic heterocycles. The second-order valence-corrected chi connectivity index (χ2v) is 3.91. The van der Waals surface area contributed by atoms with Crippen LogP contribution < -0.4 is 10.6 Å². The minimum absolute atomic E-state index is 0.163. The summed E-state index contributed by atoms with van der Waals surface area (Å²) in [5.41, 5.74) is 0. The third kappa shape index (κ3) is 3.69. The molecule has 1 rings (SSSR count). The van der Waals surface area contributed by atoms with Crippen molar-refractivity contribution >= 4 is 22.4 Å². The SMILES string of the molecule is CNC(=O)CCNc1ncc(C(F)(F)F)s1. The van der Waals surface area contributed by atoms with Crippen LogP contribution in [0.3, 0.4) is 0 Å². The molecule has 2 N–H and O–H groups in total. The van der Waals surface area contributed by atoms with Crippen LogP contribution in [0.4, 0.5) is 18.3 Å². The first-order valence-corrected chi connectivity index (χ1v) is 5.22. The van der Waals surface area contributed by atoms with Crippen molar-refractivity contribution in [3.8, 4) is 0 Å². The van der Waals surface area contributed by atoms with Gasteiger partial charge in [-0.25, -0.2) is 4.98 Å². The van der Waals surface area contributed by atoms with Crippen LogP contribution in [-0.2, 0) is 11.0 Å². The van der Waals surface area contributed by atoms with Crippen molar-refractivity contribution in [2.45, 2.75) is 12.6 Å². The minimum atomic E-state index is -4.36. The average molecular weight is 253 g/mol. The molecule has 1 aromatic heterocycles. The number of anilines is 1. The van der Waals surface area contributed by atoms with Crippen molar-refractivity contribution in [1.82, 2.24) is 10.3 Å². The Bertz CT molecular complexity index is 364. The summed E-state index contributed by atoms with van der Waals surface area (Å²) in [5, 5.41) is 5.22. The van der Waals surface area contributed by atoms with Gasteiger partial charge in [-0.2, -0.15) is 13.2 Å². The Balaban J connectivity index is 2.44. The molecular weight excluding hydrogens is 243 g/mol. The number of rotatable bonds is 4. The number of carbonyl (C=O) groups is 1. The topological polar surface area (TPSA) is 54.0 Å². The fourth-order valence-electron chi connectivity index (χ4n) is 0.895. The number of nitrogens with one attached hydrogen (secondary N) is 2. The lowest BCUT2D eigenvalue weighted by atomic mass is 10.4. The highest BCUT2D eigenvalue weighted by Crippen LogP contribution is 2.34. The van der Waals surface area contributed by atoms with Gasteiger partial charge in [0.15, 0.2) is 5.13 Å². The predicted octanol–water partition coefficient (Wildman–Crippen LogP) is 1.71. The standard InChI is InChI=1S/C8H10F3N3OS/c1-12-6(15)2-3-13-7-14-4-5(16-7)8(9,10)11/h4H,2-3H2,1H3,(H,12,15)(H,13,14). The second kappa shape index (κ2) is 5.15. The lowest BCUT2D eigenvalue weighted by Gasteiger charge is -2.02. The summed E-state index contributed by atoms with van der Waals surface area (Å²) in [5.74, 6) is -0.180. The van der Waals surface area contributed by atoms with E-state index in [4.69, 9.17) is 0 Å². The first kappa shape index (κ1) is 12.8. The number of nitrogens with zero attached hydrogens (tertiary/aromatic N) is 1. The molecule has 0 aliphatic rings. The maximum Gasteiger partial charge on any atom is 0.427 e. The largest absolute Gasteiger partial charge is 0.427 e. The third-order valence-electron chi connectivity index (χ3n) is 1.69. The Morgan fingerprint density at radius 3 is 2.75 bits per heavy atom. The third-order valence-corrected chi connectivity index (χ3v) is 2.69. The highest BCUT2D eigenvalue weighted by Gasteiger charge is 2.33. The molecule has 1 amide bonds. The molecular formula is C8H10F3N3OS. The molecule has 16 heavy (non-hydrogen) atoms. The van der Waals surface area contributed by atoms with E-state index in [1.807, 2.05) is 0 Å². The Morgan fingerprint density at radius 1 is 1.56 bits per heavy atom. The van der Waals surface area contributed by atoms with Gasteiger partial charge in [-0.3, -0.25) is 4.79 Å². The van der Waals surface area contributed by atoms with Gasteiger partial charge in [0.2, 0.25) is 5.91 Å². The van der Waals surface area contributed by atoms with Crippen molar-refractivity contribution in [1.29, 1.82) is 0 Å². The van der Waals surface area contributed by atoms with Crippen LogP contribution >= 0.6 is 11.3 Å². The van der Waals surface area contributed by atoms with Crippen molar-refractivity contribution in [3.05, 3.63) is 11.1 Å². The van der Waals surface area contributed by atoms with Gasteiger partial charge in [0.05, 0.1) is 6.20 Å². The fourth-order valence-corrected chi connectivity index (χ4v) is 1.60. The number of amides is 1. The summed E-state index contributed by atoms with van der Waals surface area (Å²) < 4.78 is 36.6. The molecule has 8 heteroatoms. The van der Waals surface area contributed by atoms with Gasteiger partial charge in [0.25, 0.3) is 0 Å². The van der Waals surface area contributed by atoms with Gasteiger partial charge in [-0.05, 0) is 0 Å². The Labute approximate surface area is 93.9 Å². The first-order valence-electron chi connectivity index (χ1n) is 4.41. The van der Waals surface area contributed by atoms with Gasteiger partial charge in [-0.1, -0.05) is 11.3 Å². The van der Waals surface area contributed by atoms with Gasteiger partial charge in [-0.15, -0.1) is 0 Å². The van der Waals surface area contributed by atoms with Crippen molar-refractivity contribution < 1.29 is 18.0 Å². The van der Waals surface area contributed by atoms with Crippen LogP contribution in [0.25, 0.3) is 0 Å². The number of carbonyl (C=O) groups excluding carboxylic acids is 1. The normalized spacial score (nSPS) is 11.2. The zero-order chi connectivity index (χ0) is 12.2. The van der Waals surface area contributed by atoms with Crippen molar-refractivity contribution in [3.63, 3.8) is 0 Å². The van der Waals surface area contributed by atoms with Crippen LogP contribution in [0, 0.1) is 0 Å². The zero-order valence-electron chi connectivity index (χ0n) is 8.39. The number of alkyl halides is 3. The van der Waals surface area contributed by atoms with Crippen LogP contribution in [0.15, 0.2) is 6.20 Å². The number of thiazole rings is 1. The van der Waals surface area contributed by atoms with Crippen LogP contribution in [-0.4, -0.2) is 24.5 Å². The van der Waals surface area contributed by atoms with E-state index in [2.05, 4.69) is 15.6 Å². The maximum absolute atomic E-state index is 12.2. The summed E-state index contributed by atoms with van der Waals surface area (Å²) >= 11 is 0.520. The number of hydrogen-bond acceptors (Lipinski definition) is 4. The minimum Gasteiger partial charge on any atom is -0.361 e. The number of halogens is 3. The highest BCUT2D eigenvalue weighted by molar-refractivity contribution is 7.15. The fraction of sp³-hybridized carbons (Fsp3) is 0.500. The van der Waals surface area contributed by atoms with Gasteiger partial charge < -0.3 is 10.6 Å². The van der Waals surface area contributed by atoms with Crippen molar-refractivity contribution in [2.24, 2.45) is 0 Å². The summed E-state index contributed by atoms with van der Waals surface area (Å²) in [4.78, 5) is 13.6. The van der Waals surface area contributed by atoms with Gasteiger partial charge in [0.1, 0.15) is 4.88 Å². The highest BCUT2D eigenvalue weighted by atomic mass is 32.1. The van der Waals surface area contributed by atoms with Gasteiger partial charge >= 0.3 is 6.18 Å². The van der Waals surface area contributed by atoms with E-state index in [0.29, 0.717) is 11.3 Å². The van der Waals surface area contributed by atoms with E-state index in [0.717, 1.165) is 6.20 Å². The molecule has 1 aromatic rings. The molecule has 0 saturated heterocycles. The Kier molecular flexibility index (Phi) is 4.11. The molecule has 0 atom stereocenters. The summed E-state index contributed by atoms with van der Waals surface area (Å²) in [6, 6.07) is 0. The summed E-state index contributed by atoms with van der Waals surface area (Å²) in [6.07, 6.45) is -3.40. The Morgan fingerprint density at radius 2 is 2.25 bits per heavy atom. The molecule has 4 nitrogen and oxygen atoms in total. The summed E-state index contributed by atoms with van der Waals surface area (Å²) in [6.45, 7) is 0.254. The van der Waals surface area contributed by atoms with Crippen LogP contribution in [0.1, 0.15) is 11.3 Å². The molecule has 0 aliphatic carbocycles. The molecule has 0 unspecified atom stereocenters. The predicted molar refractivity (Wildman–Crippen MR) is 54.3 cm³/mol. The molecule has 1 heterocycles. The quantitative estimate of drug-likeness (QED) is 0.859. The van der Waals surface area contributed by atoms with E-state index in [9.17, 15) is 18.0 Å². The lowest BCUT2D eigenvalue weighted by molar-refractivity contribution is -0.134. The molecule has 90 valence electrons. The molecule has 0 aromatic carbocycles. The van der Waals surface area contributed by atoms with Crippen molar-refractivity contribution in [2.75, 3.05) is 18.9 Å². The zero-order valence-corrected chi connectivity index (χ0v) is 9.21. The molecule has 0 bridgehead atoms. The van der Waals surface area contributed by atoms with E-state index in [1.54, 1.807) is 0 Å². The van der Waals surface area contributed by atoms with Crippen LogP contribution in [0.2, 0.25) is 0 Å². The maximum atomic E-state index is 12.2. The monoisotopic (exact) mass is 253 g/mol. The molecule has 0 spiro atoms. The lowest BCUT2D eigenvalue weighted by Crippen LogP contribution is -2.20. The second-order valence-electron chi connectivity index (χ2n) is 2.88. The molecule has 0 fully saturated rings. The first-order chi connectivity index (χ1) is 7.43. The molecule has 0 saturated carbocycles. The van der Waals surface area contributed by atoms with Crippen LogP contribution in [0.5, 0.6) is 0 Å². The molecule has 0 radical (unpaired) electrons. The van der Waals surface area contributed by atoms with E-state index in [-0.39, 0.29) is 24.0 Å². The van der Waals surface area contributed by atoms with E-state index in [1.165, 1.54) is 7.05 Å². The smallest absolute Gasteiger partial charge is 0.361 e. The average Bonchev–Trinajstić information content (AvgIpc) is 2.65. The number of aromatic nitrogens is 1. The van der Waals surface area contributed by atoms with E-state index < -0.39 is 11.1 Å². The summed E-state index contributed by atoms with van der Waals surface area (Å²) in [7, 11) is 1.49. The Hall–Kier alpha value is -1.31. The van der Waals surface area contributed by atoms with E-state index >= 15 is 0 Å².